The molecule has 1 saturated heterocycles. The molecule has 3 aromatic rings. The number of amides is 2. The molecule has 0 spiro atoms. The minimum Gasteiger partial charge on any atom is -0.341 e. The molecule has 0 bridgehead atoms. The summed E-state index contributed by atoms with van der Waals surface area (Å²) < 4.78 is 25.0. The fourth-order valence-corrected chi connectivity index (χ4v) is 4.69. The van der Waals surface area contributed by atoms with Gasteiger partial charge in [0.15, 0.2) is 9.84 Å². The van der Waals surface area contributed by atoms with E-state index in [1.54, 1.807) is 25.4 Å². The fraction of sp³-hybridized carbons (Fsp3) is 0.286. The molecule has 2 aromatic carbocycles. The van der Waals surface area contributed by atoms with Crippen LogP contribution >= 0.6 is 0 Å². The Morgan fingerprint density at radius 2 is 1.70 bits per heavy atom. The molecule has 1 fully saturated rings. The van der Waals surface area contributed by atoms with Gasteiger partial charge in [-0.15, -0.1) is 0 Å². The predicted octanol–water partition coefficient (Wildman–Crippen LogP) is 1.40. The molecule has 1 N–H and O–H groups in total. The fourth-order valence-electron chi connectivity index (χ4n) is 3.49. The van der Waals surface area contributed by atoms with Crippen LogP contribution in [-0.4, -0.2) is 65.3 Å². The Kier molecular flexibility index (Phi) is 5.29. The topological polar surface area (TPSA) is 101 Å². The maximum Gasteiger partial charge on any atom is 0.251 e. The molecule has 2 heterocycles. The van der Waals surface area contributed by atoms with Crippen LogP contribution in [0.25, 0.3) is 16.7 Å². The van der Waals surface area contributed by atoms with Crippen molar-refractivity contribution in [3.63, 3.8) is 0 Å². The third-order valence-corrected chi connectivity index (χ3v) is 6.84. The van der Waals surface area contributed by atoms with Gasteiger partial charge in [-0.25, -0.2) is 13.4 Å². The minimum atomic E-state index is -3.07. The Bertz CT molecular complexity index is 1190. The lowest BCUT2D eigenvalue weighted by atomic mass is 10.1. The number of hydrogen-bond acceptors (Lipinski definition) is 5. The molecule has 1 aliphatic rings. The number of hydrogen-bond donors (Lipinski definition) is 1. The number of imidazole rings is 1. The Balaban J connectivity index is 1.42. The maximum absolute atomic E-state index is 12.6. The van der Waals surface area contributed by atoms with Crippen LogP contribution in [0.15, 0.2) is 54.9 Å². The molecule has 30 heavy (non-hydrogen) atoms. The lowest BCUT2D eigenvalue weighted by Crippen LogP contribution is -2.51. The number of sulfone groups is 1. The summed E-state index contributed by atoms with van der Waals surface area (Å²) in [7, 11) is -3.07. The van der Waals surface area contributed by atoms with Crippen molar-refractivity contribution in [1.82, 2.24) is 19.8 Å². The van der Waals surface area contributed by atoms with Gasteiger partial charge < -0.3 is 10.2 Å². The monoisotopic (exact) mass is 426 g/mol. The van der Waals surface area contributed by atoms with Gasteiger partial charge in [-0.2, -0.15) is 0 Å². The molecule has 8 nitrogen and oxygen atoms in total. The van der Waals surface area contributed by atoms with E-state index in [9.17, 15) is 18.0 Å². The highest BCUT2D eigenvalue weighted by molar-refractivity contribution is 7.91. The lowest BCUT2D eigenvalue weighted by Gasteiger charge is -2.29. The third kappa shape index (κ3) is 4.06. The number of nitrogens with zero attached hydrogens (tertiary/aromatic N) is 3. The molecule has 1 unspecified atom stereocenters. The van der Waals surface area contributed by atoms with Gasteiger partial charge in [-0.3, -0.25) is 14.2 Å². The zero-order valence-electron chi connectivity index (χ0n) is 16.5. The molecule has 2 amide bonds. The Morgan fingerprint density at radius 3 is 2.40 bits per heavy atom. The number of fused-ring (bicyclic) bond motifs is 1. The van der Waals surface area contributed by atoms with E-state index in [1.807, 2.05) is 41.0 Å². The van der Waals surface area contributed by atoms with Crippen molar-refractivity contribution < 1.29 is 18.0 Å². The third-order valence-electron chi connectivity index (χ3n) is 5.24. The summed E-state index contributed by atoms with van der Waals surface area (Å²) in [4.78, 5) is 30.9. The van der Waals surface area contributed by atoms with Crippen molar-refractivity contribution in [2.45, 2.75) is 13.0 Å². The largest absolute Gasteiger partial charge is 0.341 e. The molecular formula is C21H22N4O4S. The second-order valence-electron chi connectivity index (χ2n) is 7.32. The molecule has 1 aliphatic heterocycles. The van der Waals surface area contributed by atoms with Gasteiger partial charge >= 0.3 is 0 Å². The van der Waals surface area contributed by atoms with E-state index < -0.39 is 15.9 Å². The van der Waals surface area contributed by atoms with Crippen LogP contribution < -0.4 is 5.32 Å². The summed E-state index contributed by atoms with van der Waals surface area (Å²) in [5, 5.41) is 2.70. The molecule has 1 atom stereocenters. The predicted molar refractivity (Wildman–Crippen MR) is 113 cm³/mol. The maximum atomic E-state index is 12.6. The number of rotatable bonds is 4. The molecule has 0 saturated carbocycles. The van der Waals surface area contributed by atoms with Crippen LogP contribution in [0, 0.1) is 0 Å². The number of aromatic nitrogens is 2. The molecular weight excluding hydrogens is 404 g/mol. The highest BCUT2D eigenvalue weighted by atomic mass is 32.2. The number of nitrogens with one attached hydrogen (secondary N) is 1. The molecule has 4 rings (SSSR count). The van der Waals surface area contributed by atoms with Crippen LogP contribution in [0.5, 0.6) is 0 Å². The Morgan fingerprint density at radius 1 is 1.03 bits per heavy atom. The average molecular weight is 426 g/mol. The van der Waals surface area contributed by atoms with E-state index >= 15 is 0 Å². The van der Waals surface area contributed by atoms with E-state index in [-0.39, 0.29) is 36.4 Å². The second-order valence-corrected chi connectivity index (χ2v) is 9.63. The van der Waals surface area contributed by atoms with Crippen LogP contribution in [-0.2, 0) is 14.6 Å². The van der Waals surface area contributed by atoms with E-state index in [4.69, 9.17) is 0 Å². The summed E-state index contributed by atoms with van der Waals surface area (Å²) in [5.74, 6) is -0.713. The van der Waals surface area contributed by atoms with Crippen molar-refractivity contribution in [3.8, 4) is 5.69 Å². The number of benzene rings is 2. The average Bonchev–Trinajstić information content (AvgIpc) is 3.17. The van der Waals surface area contributed by atoms with Crippen molar-refractivity contribution in [3.05, 3.63) is 60.4 Å². The zero-order chi connectivity index (χ0) is 21.3. The number of para-hydroxylation sites is 2. The first-order valence-electron chi connectivity index (χ1n) is 9.67. The normalized spacial score (nSPS) is 16.9. The molecule has 0 aliphatic carbocycles. The summed E-state index contributed by atoms with van der Waals surface area (Å²) in [6.07, 6.45) is 1.74. The Labute approximate surface area is 174 Å². The highest BCUT2D eigenvalue weighted by Gasteiger charge is 2.28. The van der Waals surface area contributed by atoms with E-state index in [0.717, 1.165) is 16.7 Å². The van der Waals surface area contributed by atoms with E-state index in [2.05, 4.69) is 10.3 Å². The molecule has 0 radical (unpaired) electrons. The van der Waals surface area contributed by atoms with Crippen LogP contribution in [0.2, 0.25) is 0 Å². The molecule has 156 valence electrons. The summed E-state index contributed by atoms with van der Waals surface area (Å²) >= 11 is 0. The van der Waals surface area contributed by atoms with Crippen molar-refractivity contribution in [2.75, 3.05) is 24.6 Å². The highest BCUT2D eigenvalue weighted by Crippen LogP contribution is 2.18. The van der Waals surface area contributed by atoms with Gasteiger partial charge in [0, 0.05) is 24.3 Å². The summed E-state index contributed by atoms with van der Waals surface area (Å²) in [6, 6.07) is 14.1. The number of carbonyl (C=O) groups excluding carboxylic acids is 2. The smallest absolute Gasteiger partial charge is 0.251 e. The van der Waals surface area contributed by atoms with Gasteiger partial charge in [0.05, 0.1) is 22.5 Å². The van der Waals surface area contributed by atoms with Crippen LogP contribution in [0.1, 0.15) is 17.3 Å². The van der Waals surface area contributed by atoms with Gasteiger partial charge in [0.25, 0.3) is 5.91 Å². The molecule has 1 aromatic heterocycles. The zero-order valence-corrected chi connectivity index (χ0v) is 17.3. The Hall–Kier alpha value is -3.20. The molecule has 9 heteroatoms. The first-order valence-corrected chi connectivity index (χ1v) is 11.5. The summed E-state index contributed by atoms with van der Waals surface area (Å²) in [5.41, 5.74) is 3.16. The van der Waals surface area contributed by atoms with Crippen LogP contribution in [0.3, 0.4) is 0 Å². The standard InChI is InChI=1S/C21H22N4O4S/c1-15(21(27)24-10-12-30(28,29)13-11-24)23-20(26)16-6-8-17(9-7-16)25-14-22-18-4-2-3-5-19(18)25/h2-9,14-15H,10-13H2,1H3,(H,23,26). The van der Waals surface area contributed by atoms with Crippen molar-refractivity contribution in [1.29, 1.82) is 0 Å². The van der Waals surface area contributed by atoms with Gasteiger partial charge in [0.1, 0.15) is 12.4 Å². The van der Waals surface area contributed by atoms with Gasteiger partial charge in [-0.1, -0.05) is 12.1 Å². The first kappa shape index (κ1) is 20.1. The first-order chi connectivity index (χ1) is 14.3. The summed E-state index contributed by atoms with van der Waals surface area (Å²) in [6.45, 7) is 1.93. The minimum absolute atomic E-state index is 0.0379. The number of carbonyl (C=O) groups is 2. The van der Waals surface area contributed by atoms with Crippen molar-refractivity contribution in [2.24, 2.45) is 0 Å². The lowest BCUT2D eigenvalue weighted by molar-refractivity contribution is -0.132. The second kappa shape index (κ2) is 7.91. The SMILES string of the molecule is CC(NC(=O)c1ccc(-n2cnc3ccccc32)cc1)C(=O)N1CCS(=O)(=O)CC1. The van der Waals surface area contributed by atoms with Crippen LogP contribution in [0.4, 0.5) is 0 Å². The van der Waals surface area contributed by atoms with Gasteiger partial charge in [0.2, 0.25) is 5.91 Å². The van der Waals surface area contributed by atoms with E-state index in [1.165, 1.54) is 4.90 Å². The van der Waals surface area contributed by atoms with Gasteiger partial charge in [-0.05, 0) is 43.3 Å². The van der Waals surface area contributed by atoms with Crippen molar-refractivity contribution >= 4 is 32.7 Å². The van der Waals surface area contributed by atoms with E-state index in [0.29, 0.717) is 5.56 Å². The quantitative estimate of drug-likeness (QED) is 0.680.